The Morgan fingerprint density at radius 3 is 2.35 bits per heavy atom. The Morgan fingerprint density at radius 1 is 1.12 bits per heavy atom. The zero-order chi connectivity index (χ0) is 12.5. The third-order valence-corrected chi connectivity index (χ3v) is 2.47. The van der Waals surface area contributed by atoms with Crippen molar-refractivity contribution in [3.8, 4) is 11.5 Å². The van der Waals surface area contributed by atoms with Crippen LogP contribution < -0.4 is 9.47 Å². The molecule has 96 valence electrons. The lowest BCUT2D eigenvalue weighted by Gasteiger charge is -2.08. The third kappa shape index (κ3) is 5.56. The molecule has 0 amide bonds. The molecule has 1 unspecified atom stereocenters. The fourth-order valence-corrected chi connectivity index (χ4v) is 1.44. The lowest BCUT2D eigenvalue weighted by molar-refractivity contribution is 0.0851. The Labute approximate surface area is 102 Å². The predicted octanol–water partition coefficient (Wildman–Crippen LogP) is 1.60. The van der Waals surface area contributed by atoms with Crippen LogP contribution in [0.4, 0.5) is 0 Å². The summed E-state index contributed by atoms with van der Waals surface area (Å²) in [4.78, 5) is 0. The molecule has 0 heterocycles. The van der Waals surface area contributed by atoms with E-state index < -0.39 is 6.10 Å². The highest BCUT2D eigenvalue weighted by molar-refractivity contribution is 5.31. The number of methoxy groups -OCH3 is 1. The number of hydrogen-bond donors (Lipinski definition) is 2. The van der Waals surface area contributed by atoms with Crippen LogP contribution in [0.3, 0.4) is 0 Å². The van der Waals surface area contributed by atoms with Gasteiger partial charge in [0, 0.05) is 0 Å². The number of ether oxygens (including phenoxy) is 2. The fourth-order valence-electron chi connectivity index (χ4n) is 1.44. The van der Waals surface area contributed by atoms with Gasteiger partial charge in [0.05, 0.1) is 26.4 Å². The number of rotatable bonds is 8. The summed E-state index contributed by atoms with van der Waals surface area (Å²) < 4.78 is 10.6. The van der Waals surface area contributed by atoms with Gasteiger partial charge in [0.25, 0.3) is 0 Å². The first-order valence-corrected chi connectivity index (χ1v) is 5.82. The lowest BCUT2D eigenvalue weighted by Crippen LogP contribution is -2.11. The van der Waals surface area contributed by atoms with Crippen LogP contribution in [0.1, 0.15) is 19.3 Å². The zero-order valence-electron chi connectivity index (χ0n) is 10.1. The van der Waals surface area contributed by atoms with Gasteiger partial charge in [-0.05, 0) is 43.5 Å². The van der Waals surface area contributed by atoms with Crippen LogP contribution in [0.5, 0.6) is 11.5 Å². The molecule has 0 aliphatic carbocycles. The second-order valence-electron chi connectivity index (χ2n) is 3.86. The second-order valence-corrected chi connectivity index (χ2v) is 3.86. The van der Waals surface area contributed by atoms with Gasteiger partial charge in [0.1, 0.15) is 11.5 Å². The highest BCUT2D eigenvalue weighted by Gasteiger charge is 2.01. The lowest BCUT2D eigenvalue weighted by atomic mass is 10.2. The summed E-state index contributed by atoms with van der Waals surface area (Å²) >= 11 is 0. The molecule has 0 fully saturated rings. The molecule has 1 atom stereocenters. The molecule has 4 heteroatoms. The van der Waals surface area contributed by atoms with Crippen molar-refractivity contribution >= 4 is 0 Å². The molecular weight excluding hydrogens is 220 g/mol. The van der Waals surface area contributed by atoms with Crippen molar-refractivity contribution < 1.29 is 19.7 Å². The maximum absolute atomic E-state index is 9.13. The van der Waals surface area contributed by atoms with E-state index in [2.05, 4.69) is 0 Å². The monoisotopic (exact) mass is 240 g/mol. The summed E-state index contributed by atoms with van der Waals surface area (Å²) in [7, 11) is 1.63. The Morgan fingerprint density at radius 2 is 1.76 bits per heavy atom. The Hall–Kier alpha value is -1.26. The molecule has 2 N–H and O–H groups in total. The van der Waals surface area contributed by atoms with E-state index in [0.717, 1.165) is 24.3 Å². The first-order valence-electron chi connectivity index (χ1n) is 5.82. The summed E-state index contributed by atoms with van der Waals surface area (Å²) in [5.74, 6) is 1.62. The molecule has 1 rings (SSSR count). The van der Waals surface area contributed by atoms with Crippen LogP contribution in [0, 0.1) is 0 Å². The van der Waals surface area contributed by atoms with E-state index in [4.69, 9.17) is 19.7 Å². The fraction of sp³-hybridized carbons (Fsp3) is 0.538. The van der Waals surface area contributed by atoms with Crippen molar-refractivity contribution in [3.05, 3.63) is 24.3 Å². The van der Waals surface area contributed by atoms with Gasteiger partial charge in [-0.25, -0.2) is 0 Å². The van der Waals surface area contributed by atoms with E-state index in [9.17, 15) is 0 Å². The van der Waals surface area contributed by atoms with Gasteiger partial charge in [0.2, 0.25) is 0 Å². The topological polar surface area (TPSA) is 58.9 Å². The van der Waals surface area contributed by atoms with Gasteiger partial charge >= 0.3 is 0 Å². The predicted molar refractivity (Wildman–Crippen MR) is 65.4 cm³/mol. The van der Waals surface area contributed by atoms with Crippen LogP contribution in [-0.2, 0) is 0 Å². The molecule has 1 aromatic carbocycles. The summed E-state index contributed by atoms with van der Waals surface area (Å²) in [5.41, 5.74) is 0. The van der Waals surface area contributed by atoms with Crippen molar-refractivity contribution in [2.24, 2.45) is 0 Å². The van der Waals surface area contributed by atoms with E-state index in [1.165, 1.54) is 0 Å². The van der Waals surface area contributed by atoms with Gasteiger partial charge in [0.15, 0.2) is 0 Å². The minimum absolute atomic E-state index is 0.167. The van der Waals surface area contributed by atoms with Gasteiger partial charge in [-0.2, -0.15) is 0 Å². The summed E-state index contributed by atoms with van der Waals surface area (Å²) in [6, 6.07) is 7.43. The molecule has 0 aromatic heterocycles. The number of aliphatic hydroxyl groups is 2. The largest absolute Gasteiger partial charge is 0.497 e. The highest BCUT2D eigenvalue weighted by Crippen LogP contribution is 2.17. The van der Waals surface area contributed by atoms with E-state index in [1.54, 1.807) is 7.11 Å². The molecule has 1 aromatic rings. The normalized spacial score (nSPS) is 12.2. The molecule has 0 spiro atoms. The van der Waals surface area contributed by atoms with Crippen molar-refractivity contribution in [1.29, 1.82) is 0 Å². The Kier molecular flexibility index (Phi) is 6.43. The molecule has 0 saturated carbocycles. The molecule has 0 aliphatic heterocycles. The van der Waals surface area contributed by atoms with Crippen molar-refractivity contribution in [2.75, 3.05) is 20.3 Å². The molecule has 17 heavy (non-hydrogen) atoms. The van der Waals surface area contributed by atoms with Crippen LogP contribution in [0.15, 0.2) is 24.3 Å². The third-order valence-electron chi connectivity index (χ3n) is 2.47. The average Bonchev–Trinajstić information content (AvgIpc) is 2.38. The van der Waals surface area contributed by atoms with E-state index in [-0.39, 0.29) is 6.61 Å². The first-order chi connectivity index (χ1) is 8.26. The van der Waals surface area contributed by atoms with Gasteiger partial charge < -0.3 is 19.7 Å². The average molecular weight is 240 g/mol. The van der Waals surface area contributed by atoms with Gasteiger partial charge in [-0.3, -0.25) is 0 Å². The quantitative estimate of drug-likeness (QED) is 0.678. The van der Waals surface area contributed by atoms with E-state index in [1.807, 2.05) is 24.3 Å². The first kappa shape index (κ1) is 13.8. The second kappa shape index (κ2) is 7.92. The van der Waals surface area contributed by atoms with E-state index in [0.29, 0.717) is 13.0 Å². The maximum atomic E-state index is 9.13. The van der Waals surface area contributed by atoms with Crippen LogP contribution in [0.25, 0.3) is 0 Å². The van der Waals surface area contributed by atoms with Gasteiger partial charge in [-0.1, -0.05) is 0 Å². The number of hydrogen-bond acceptors (Lipinski definition) is 4. The van der Waals surface area contributed by atoms with E-state index >= 15 is 0 Å². The van der Waals surface area contributed by atoms with Crippen molar-refractivity contribution in [1.82, 2.24) is 0 Å². The van der Waals surface area contributed by atoms with Crippen LogP contribution >= 0.6 is 0 Å². The van der Waals surface area contributed by atoms with Crippen LogP contribution in [0.2, 0.25) is 0 Å². The molecule has 0 radical (unpaired) electrons. The van der Waals surface area contributed by atoms with Crippen molar-refractivity contribution in [3.63, 3.8) is 0 Å². The Bertz CT molecular complexity index is 297. The number of benzene rings is 1. The summed E-state index contributed by atoms with van der Waals surface area (Å²) in [6.45, 7) is 0.448. The molecule has 0 aliphatic rings. The number of aliphatic hydroxyl groups excluding tert-OH is 2. The molecular formula is C13H20O4. The minimum atomic E-state index is -0.601. The zero-order valence-corrected chi connectivity index (χ0v) is 10.1. The molecule has 0 saturated heterocycles. The summed E-state index contributed by atoms with van der Waals surface area (Å²) in [6.07, 6.45) is 1.72. The van der Waals surface area contributed by atoms with Crippen LogP contribution in [-0.4, -0.2) is 36.6 Å². The van der Waals surface area contributed by atoms with Gasteiger partial charge in [-0.15, -0.1) is 0 Å². The standard InChI is InChI=1S/C13H20O4/c1-16-12-5-7-13(8-6-12)17-9-3-2-4-11(15)10-14/h5-8,11,14-15H,2-4,9-10H2,1H3. The smallest absolute Gasteiger partial charge is 0.119 e. The SMILES string of the molecule is COc1ccc(OCCCCC(O)CO)cc1. The molecule has 4 nitrogen and oxygen atoms in total. The molecule has 0 bridgehead atoms. The minimum Gasteiger partial charge on any atom is -0.497 e. The maximum Gasteiger partial charge on any atom is 0.119 e. The summed E-state index contributed by atoms with van der Waals surface area (Å²) in [5, 5.41) is 17.8. The highest BCUT2D eigenvalue weighted by atomic mass is 16.5. The number of unbranched alkanes of at least 4 members (excludes halogenated alkanes) is 1. The van der Waals surface area contributed by atoms with Crippen molar-refractivity contribution in [2.45, 2.75) is 25.4 Å². The Balaban J connectivity index is 2.13.